The molecule has 1 unspecified atom stereocenters. The average molecular weight is 255 g/mol. The molecule has 1 aliphatic rings. The van der Waals surface area contributed by atoms with Crippen LogP contribution in [0.1, 0.15) is 20.3 Å². The molecule has 1 saturated heterocycles. The molecule has 1 aliphatic heterocycles. The third kappa shape index (κ3) is 2.56. The van der Waals surface area contributed by atoms with Gasteiger partial charge in [0.1, 0.15) is 0 Å². The van der Waals surface area contributed by atoms with E-state index >= 15 is 0 Å². The maximum absolute atomic E-state index is 4.27. The molecule has 1 N–H and O–H groups in total. The minimum absolute atomic E-state index is 0.555. The minimum Gasteiger partial charge on any atom is -0.369 e. The van der Waals surface area contributed by atoms with Crippen molar-refractivity contribution < 1.29 is 0 Å². The lowest BCUT2D eigenvalue weighted by molar-refractivity contribution is 0.492. The van der Waals surface area contributed by atoms with Crippen LogP contribution in [0.2, 0.25) is 0 Å². The molecule has 3 nitrogen and oxygen atoms in total. The first-order valence-electron chi connectivity index (χ1n) is 7.08. The lowest BCUT2D eigenvalue weighted by Crippen LogP contribution is -2.37. The fraction of sp³-hybridized carbons (Fsp3) is 0.438. The van der Waals surface area contributed by atoms with Gasteiger partial charge in [-0.15, -0.1) is 0 Å². The molecule has 0 spiro atoms. The number of fused-ring (bicyclic) bond motifs is 1. The number of pyridine rings is 1. The molecular formula is C16H21N3. The summed E-state index contributed by atoms with van der Waals surface area (Å²) >= 11 is 0. The molecule has 1 atom stereocenters. The van der Waals surface area contributed by atoms with E-state index < -0.39 is 0 Å². The number of nitrogens with one attached hydrogen (secondary N) is 1. The first-order valence-corrected chi connectivity index (χ1v) is 7.08. The van der Waals surface area contributed by atoms with Crippen LogP contribution in [0.15, 0.2) is 36.7 Å². The summed E-state index contributed by atoms with van der Waals surface area (Å²) in [6.45, 7) is 6.64. The Balaban J connectivity index is 1.86. The highest BCUT2D eigenvalue weighted by atomic mass is 15.2. The van der Waals surface area contributed by atoms with Crippen molar-refractivity contribution in [2.24, 2.45) is 0 Å². The minimum atomic E-state index is 0.555. The number of aromatic nitrogens is 1. The molecule has 3 rings (SSSR count). The molecule has 0 bridgehead atoms. The Morgan fingerprint density at radius 1 is 1.32 bits per heavy atom. The van der Waals surface area contributed by atoms with E-state index in [0.29, 0.717) is 12.1 Å². The van der Waals surface area contributed by atoms with E-state index in [2.05, 4.69) is 53.3 Å². The lowest BCUT2D eigenvalue weighted by Gasteiger charge is -2.21. The smallest absolute Gasteiger partial charge is 0.0462 e. The van der Waals surface area contributed by atoms with Crippen molar-refractivity contribution >= 4 is 16.5 Å². The van der Waals surface area contributed by atoms with Gasteiger partial charge in [0.05, 0.1) is 0 Å². The molecular weight excluding hydrogens is 234 g/mol. The number of benzene rings is 1. The second-order valence-corrected chi connectivity index (χ2v) is 5.63. The number of hydrogen-bond donors (Lipinski definition) is 1. The van der Waals surface area contributed by atoms with Gasteiger partial charge < -0.3 is 10.2 Å². The van der Waals surface area contributed by atoms with Crippen LogP contribution in [0, 0.1) is 0 Å². The van der Waals surface area contributed by atoms with E-state index in [0.717, 1.165) is 13.1 Å². The molecule has 0 radical (unpaired) electrons. The molecule has 0 amide bonds. The van der Waals surface area contributed by atoms with Gasteiger partial charge in [0.15, 0.2) is 0 Å². The van der Waals surface area contributed by atoms with E-state index in [-0.39, 0.29) is 0 Å². The van der Waals surface area contributed by atoms with Crippen LogP contribution in [0.4, 0.5) is 5.69 Å². The highest BCUT2D eigenvalue weighted by Gasteiger charge is 2.23. The summed E-state index contributed by atoms with van der Waals surface area (Å²) in [4.78, 5) is 6.75. The summed E-state index contributed by atoms with van der Waals surface area (Å²) in [5, 5.41) is 6.16. The van der Waals surface area contributed by atoms with Crippen molar-refractivity contribution in [2.75, 3.05) is 18.0 Å². The second-order valence-electron chi connectivity index (χ2n) is 5.63. The maximum atomic E-state index is 4.27. The van der Waals surface area contributed by atoms with Gasteiger partial charge in [-0.05, 0) is 23.9 Å². The van der Waals surface area contributed by atoms with Gasteiger partial charge in [0, 0.05) is 48.6 Å². The predicted octanol–water partition coefficient (Wildman–Crippen LogP) is 2.81. The molecule has 0 aliphatic carbocycles. The largest absolute Gasteiger partial charge is 0.369 e. The molecule has 2 heterocycles. The van der Waals surface area contributed by atoms with E-state index in [9.17, 15) is 0 Å². The normalized spacial score (nSPS) is 19.5. The average Bonchev–Trinajstić information content (AvgIpc) is 2.85. The SMILES string of the molecule is CC(C)NC1CCN(c2cccc3ccncc23)C1. The Morgan fingerprint density at radius 2 is 2.21 bits per heavy atom. The number of rotatable bonds is 3. The molecule has 0 saturated carbocycles. The molecule has 1 fully saturated rings. The van der Waals surface area contributed by atoms with E-state index in [4.69, 9.17) is 0 Å². The Hall–Kier alpha value is -1.61. The Bertz CT molecular complexity index is 559. The summed E-state index contributed by atoms with van der Waals surface area (Å²) < 4.78 is 0. The van der Waals surface area contributed by atoms with E-state index in [1.165, 1.54) is 22.9 Å². The van der Waals surface area contributed by atoms with Gasteiger partial charge in [-0.2, -0.15) is 0 Å². The summed E-state index contributed by atoms with van der Waals surface area (Å²) in [6, 6.07) is 9.74. The fourth-order valence-corrected chi connectivity index (χ4v) is 2.96. The van der Waals surface area contributed by atoms with Crippen LogP contribution < -0.4 is 10.2 Å². The van der Waals surface area contributed by atoms with Crippen LogP contribution >= 0.6 is 0 Å². The van der Waals surface area contributed by atoms with Crippen molar-refractivity contribution in [2.45, 2.75) is 32.4 Å². The molecule has 19 heavy (non-hydrogen) atoms. The zero-order valence-corrected chi connectivity index (χ0v) is 11.6. The van der Waals surface area contributed by atoms with Crippen LogP contribution in [0.5, 0.6) is 0 Å². The highest BCUT2D eigenvalue weighted by molar-refractivity contribution is 5.93. The van der Waals surface area contributed by atoms with Gasteiger partial charge in [0.25, 0.3) is 0 Å². The highest BCUT2D eigenvalue weighted by Crippen LogP contribution is 2.28. The van der Waals surface area contributed by atoms with Crippen molar-refractivity contribution in [1.82, 2.24) is 10.3 Å². The third-order valence-electron chi connectivity index (χ3n) is 3.76. The van der Waals surface area contributed by atoms with E-state index in [1.807, 2.05) is 12.4 Å². The maximum Gasteiger partial charge on any atom is 0.0462 e. The quantitative estimate of drug-likeness (QED) is 0.914. The first kappa shape index (κ1) is 12.4. The summed E-state index contributed by atoms with van der Waals surface area (Å²) in [7, 11) is 0. The van der Waals surface area contributed by atoms with Gasteiger partial charge >= 0.3 is 0 Å². The molecule has 1 aromatic carbocycles. The Morgan fingerprint density at radius 3 is 3.05 bits per heavy atom. The van der Waals surface area contributed by atoms with Crippen molar-refractivity contribution in [3.05, 3.63) is 36.7 Å². The number of hydrogen-bond acceptors (Lipinski definition) is 3. The van der Waals surface area contributed by atoms with E-state index in [1.54, 1.807) is 0 Å². The summed E-state index contributed by atoms with van der Waals surface area (Å²) in [6.07, 6.45) is 5.06. The molecule has 100 valence electrons. The number of anilines is 1. The standard InChI is InChI=1S/C16H21N3/c1-12(2)18-14-7-9-19(11-14)16-5-3-4-13-6-8-17-10-15(13)16/h3-6,8,10,12,14,18H,7,9,11H2,1-2H3. The molecule has 2 aromatic rings. The van der Waals surface area contributed by atoms with Gasteiger partial charge in [0.2, 0.25) is 0 Å². The van der Waals surface area contributed by atoms with Crippen LogP contribution in [-0.4, -0.2) is 30.2 Å². The number of nitrogens with zero attached hydrogens (tertiary/aromatic N) is 2. The summed E-state index contributed by atoms with van der Waals surface area (Å²) in [5.74, 6) is 0. The van der Waals surface area contributed by atoms with Crippen molar-refractivity contribution in [3.8, 4) is 0 Å². The topological polar surface area (TPSA) is 28.2 Å². The zero-order valence-electron chi connectivity index (χ0n) is 11.6. The lowest BCUT2D eigenvalue weighted by atomic mass is 10.1. The zero-order chi connectivity index (χ0) is 13.2. The Kier molecular flexibility index (Phi) is 3.38. The molecule has 1 aromatic heterocycles. The monoisotopic (exact) mass is 255 g/mol. The van der Waals surface area contributed by atoms with Gasteiger partial charge in [-0.1, -0.05) is 26.0 Å². The van der Waals surface area contributed by atoms with Gasteiger partial charge in [-0.3, -0.25) is 4.98 Å². The molecule has 3 heteroatoms. The summed E-state index contributed by atoms with van der Waals surface area (Å²) in [5.41, 5.74) is 1.32. The van der Waals surface area contributed by atoms with Crippen molar-refractivity contribution in [3.63, 3.8) is 0 Å². The van der Waals surface area contributed by atoms with Crippen molar-refractivity contribution in [1.29, 1.82) is 0 Å². The van der Waals surface area contributed by atoms with Gasteiger partial charge in [-0.25, -0.2) is 0 Å². The van der Waals surface area contributed by atoms with Crippen LogP contribution in [0.25, 0.3) is 10.8 Å². The first-order chi connectivity index (χ1) is 9.24. The van der Waals surface area contributed by atoms with Crippen LogP contribution in [-0.2, 0) is 0 Å². The Labute approximate surface area is 114 Å². The second kappa shape index (κ2) is 5.17. The predicted molar refractivity (Wildman–Crippen MR) is 80.6 cm³/mol. The third-order valence-corrected chi connectivity index (χ3v) is 3.76. The van der Waals surface area contributed by atoms with Crippen LogP contribution in [0.3, 0.4) is 0 Å². The fourth-order valence-electron chi connectivity index (χ4n) is 2.96.